The number of benzene rings is 1. The van der Waals surface area contributed by atoms with Gasteiger partial charge in [0.25, 0.3) is 0 Å². The number of allylic oxidation sites excluding steroid dienone is 6. The molecule has 0 aliphatic carbocycles. The number of carbonyl (C=O) groups is 2. The first-order valence-electron chi connectivity index (χ1n) is 14.3. The van der Waals surface area contributed by atoms with Crippen molar-refractivity contribution in [1.29, 1.82) is 0 Å². The van der Waals surface area contributed by atoms with Gasteiger partial charge in [-0.25, -0.2) is 0 Å². The SMILES string of the molecule is C/C=C/C=C/C=C/CCCCCCC(CCC)OC(=O)CCC(=O)N(Cc1ccccc1)CC(C)(C)SN=O. The van der Waals surface area contributed by atoms with Crippen LogP contribution in [0.25, 0.3) is 0 Å². The van der Waals surface area contributed by atoms with E-state index in [0.29, 0.717) is 13.1 Å². The van der Waals surface area contributed by atoms with Gasteiger partial charge < -0.3 is 9.64 Å². The molecule has 1 rings (SSSR count). The standard InChI is InChI=1S/C32H48N2O4S/c1-5-7-8-9-10-11-12-13-14-15-19-23-29(20-6-2)38-31(36)25-24-30(35)34(27-32(3,4)39-33-37)26-28-21-17-16-18-22-28/h5,7-11,16-18,21-22,29H,6,12-15,19-20,23-27H2,1-4H3/b7-5+,9-8+,11-10+. The van der Waals surface area contributed by atoms with Gasteiger partial charge in [-0.2, -0.15) is 0 Å². The molecule has 0 saturated heterocycles. The highest BCUT2D eigenvalue weighted by molar-refractivity contribution is 7.99. The molecule has 0 aromatic heterocycles. The fourth-order valence-electron chi connectivity index (χ4n) is 4.22. The zero-order valence-corrected chi connectivity index (χ0v) is 25.2. The molecule has 6 nitrogen and oxygen atoms in total. The van der Waals surface area contributed by atoms with Gasteiger partial charge in [-0.3, -0.25) is 9.59 Å². The summed E-state index contributed by atoms with van der Waals surface area (Å²) < 4.78 is 8.21. The average molecular weight is 557 g/mol. The second-order valence-corrected chi connectivity index (χ2v) is 11.8. The lowest BCUT2D eigenvalue weighted by Crippen LogP contribution is -2.40. The van der Waals surface area contributed by atoms with Gasteiger partial charge in [-0.15, -0.1) is 4.91 Å². The molecule has 0 spiro atoms. The van der Waals surface area contributed by atoms with Gasteiger partial charge >= 0.3 is 5.97 Å². The summed E-state index contributed by atoms with van der Waals surface area (Å²) in [7, 11) is 0. The van der Waals surface area contributed by atoms with Crippen LogP contribution in [0.2, 0.25) is 0 Å². The molecule has 0 fully saturated rings. The van der Waals surface area contributed by atoms with Crippen molar-refractivity contribution in [3.63, 3.8) is 0 Å². The predicted octanol–water partition coefficient (Wildman–Crippen LogP) is 8.73. The Bertz CT molecular complexity index is 912. The van der Waals surface area contributed by atoms with Crippen molar-refractivity contribution in [2.75, 3.05) is 6.54 Å². The topological polar surface area (TPSA) is 76.0 Å². The van der Waals surface area contributed by atoms with E-state index in [1.807, 2.05) is 75.4 Å². The number of hydrogen-bond acceptors (Lipinski definition) is 6. The number of ether oxygens (including phenoxy) is 1. The molecule has 0 radical (unpaired) electrons. The molecule has 1 unspecified atom stereocenters. The maximum Gasteiger partial charge on any atom is 0.306 e. The number of unbranched alkanes of at least 4 members (excludes halogenated alkanes) is 4. The summed E-state index contributed by atoms with van der Waals surface area (Å²) in [5, 5.41) is 0. The first kappa shape index (κ1) is 34.4. The van der Waals surface area contributed by atoms with Crippen LogP contribution in [0.1, 0.15) is 97.5 Å². The van der Waals surface area contributed by atoms with E-state index in [1.165, 1.54) is 0 Å². The van der Waals surface area contributed by atoms with Crippen LogP contribution in [0.5, 0.6) is 0 Å². The Labute approximate surface area is 240 Å². The van der Waals surface area contributed by atoms with Crippen LogP contribution in [0, 0.1) is 4.91 Å². The van der Waals surface area contributed by atoms with Gasteiger partial charge in [0.05, 0.1) is 11.2 Å². The molecule has 0 heterocycles. The second kappa shape index (κ2) is 21.2. The number of rotatable bonds is 21. The number of esters is 1. The van der Waals surface area contributed by atoms with Crippen LogP contribution in [0.3, 0.4) is 0 Å². The maximum atomic E-state index is 13.1. The first-order valence-corrected chi connectivity index (χ1v) is 15.0. The Hall–Kier alpha value is -2.67. The zero-order valence-electron chi connectivity index (χ0n) is 24.3. The summed E-state index contributed by atoms with van der Waals surface area (Å²) in [6.45, 7) is 8.63. The molecular weight excluding hydrogens is 508 g/mol. The van der Waals surface area contributed by atoms with E-state index in [1.54, 1.807) is 4.90 Å². The van der Waals surface area contributed by atoms with Crippen molar-refractivity contribution in [2.24, 2.45) is 4.58 Å². The third-order valence-electron chi connectivity index (χ3n) is 6.19. The Balaban J connectivity index is 2.49. The maximum absolute atomic E-state index is 13.1. The Kier molecular flexibility index (Phi) is 18.7. The lowest BCUT2D eigenvalue weighted by atomic mass is 10.0. The van der Waals surface area contributed by atoms with Gasteiger partial charge in [0.2, 0.25) is 5.91 Å². The van der Waals surface area contributed by atoms with Crippen LogP contribution in [0.4, 0.5) is 0 Å². The van der Waals surface area contributed by atoms with Gasteiger partial charge in [-0.1, -0.05) is 93.0 Å². The molecule has 0 N–H and O–H groups in total. The molecule has 1 aromatic rings. The van der Waals surface area contributed by atoms with E-state index in [9.17, 15) is 14.5 Å². The van der Waals surface area contributed by atoms with E-state index in [0.717, 1.165) is 68.9 Å². The van der Waals surface area contributed by atoms with E-state index in [4.69, 9.17) is 4.74 Å². The van der Waals surface area contributed by atoms with E-state index >= 15 is 0 Å². The van der Waals surface area contributed by atoms with Crippen molar-refractivity contribution < 1.29 is 14.3 Å². The normalized spacial score (nSPS) is 12.8. The lowest BCUT2D eigenvalue weighted by molar-refractivity contribution is -0.151. The highest BCUT2D eigenvalue weighted by Crippen LogP contribution is 2.27. The summed E-state index contributed by atoms with van der Waals surface area (Å²) in [6.07, 6.45) is 20.6. The van der Waals surface area contributed by atoms with E-state index in [2.05, 4.69) is 23.7 Å². The molecule has 1 aromatic carbocycles. The summed E-state index contributed by atoms with van der Waals surface area (Å²) in [4.78, 5) is 38.3. The highest BCUT2D eigenvalue weighted by atomic mass is 32.2. The van der Waals surface area contributed by atoms with Crippen LogP contribution in [0.15, 0.2) is 71.4 Å². The van der Waals surface area contributed by atoms with Crippen molar-refractivity contribution in [1.82, 2.24) is 4.90 Å². The van der Waals surface area contributed by atoms with Crippen LogP contribution >= 0.6 is 11.9 Å². The predicted molar refractivity (Wildman–Crippen MR) is 164 cm³/mol. The van der Waals surface area contributed by atoms with Crippen LogP contribution in [-0.2, 0) is 20.9 Å². The van der Waals surface area contributed by atoms with Crippen molar-refractivity contribution >= 4 is 23.8 Å². The van der Waals surface area contributed by atoms with E-state index < -0.39 is 4.75 Å². The third-order valence-corrected chi connectivity index (χ3v) is 6.88. The van der Waals surface area contributed by atoms with Gasteiger partial charge in [0, 0.05) is 36.0 Å². The average Bonchev–Trinajstić information content (AvgIpc) is 2.90. The summed E-state index contributed by atoms with van der Waals surface area (Å²) in [5.41, 5.74) is 0.994. The number of amides is 1. The second-order valence-electron chi connectivity index (χ2n) is 10.4. The Morgan fingerprint density at radius 3 is 2.41 bits per heavy atom. The minimum absolute atomic E-state index is 0.0542. The third kappa shape index (κ3) is 17.5. The van der Waals surface area contributed by atoms with Crippen molar-refractivity contribution in [3.8, 4) is 0 Å². The quantitative estimate of drug-likeness (QED) is 0.0497. The monoisotopic (exact) mass is 556 g/mol. The summed E-state index contributed by atoms with van der Waals surface area (Å²) in [5.74, 6) is -0.449. The minimum Gasteiger partial charge on any atom is -0.462 e. The van der Waals surface area contributed by atoms with Gasteiger partial charge in [0.15, 0.2) is 0 Å². The van der Waals surface area contributed by atoms with Crippen LogP contribution < -0.4 is 0 Å². The van der Waals surface area contributed by atoms with Crippen LogP contribution in [-0.4, -0.2) is 34.2 Å². The van der Waals surface area contributed by atoms with Gasteiger partial charge in [0.1, 0.15) is 6.10 Å². The Morgan fingerprint density at radius 1 is 1.00 bits per heavy atom. The Morgan fingerprint density at radius 2 is 1.72 bits per heavy atom. The van der Waals surface area contributed by atoms with Crippen molar-refractivity contribution in [3.05, 3.63) is 77.3 Å². The zero-order chi connectivity index (χ0) is 28.8. The fraction of sp³-hybridized carbons (Fsp3) is 0.562. The molecule has 0 aliphatic heterocycles. The summed E-state index contributed by atoms with van der Waals surface area (Å²) in [6, 6.07) is 9.71. The summed E-state index contributed by atoms with van der Waals surface area (Å²) >= 11 is 0.922. The number of carbonyl (C=O) groups excluding carboxylic acids is 2. The molecule has 1 amide bonds. The molecule has 0 aliphatic rings. The fourth-order valence-corrected chi connectivity index (χ4v) is 4.64. The molecule has 39 heavy (non-hydrogen) atoms. The molecule has 7 heteroatoms. The van der Waals surface area contributed by atoms with Gasteiger partial charge in [-0.05, 0) is 58.4 Å². The highest BCUT2D eigenvalue weighted by Gasteiger charge is 2.27. The number of nitrogens with zero attached hydrogens (tertiary/aromatic N) is 2. The molecular formula is C32H48N2O4S. The smallest absolute Gasteiger partial charge is 0.306 e. The molecule has 0 saturated carbocycles. The lowest BCUT2D eigenvalue weighted by Gasteiger charge is -2.30. The molecule has 0 bridgehead atoms. The first-order chi connectivity index (χ1) is 18.8. The van der Waals surface area contributed by atoms with Crippen molar-refractivity contribution in [2.45, 2.75) is 109 Å². The largest absolute Gasteiger partial charge is 0.462 e. The van der Waals surface area contributed by atoms with E-state index in [-0.39, 0.29) is 30.8 Å². The number of hydrogen-bond donors (Lipinski definition) is 0. The molecule has 1 atom stereocenters. The minimum atomic E-state index is -0.529. The number of nitroso groups, excluding NO2 is 1. The molecule has 216 valence electrons.